The molecule has 3 nitrogen and oxygen atoms in total. The fourth-order valence-corrected chi connectivity index (χ4v) is 1.93. The van der Waals surface area contributed by atoms with E-state index >= 15 is 0 Å². The van der Waals surface area contributed by atoms with E-state index in [4.69, 9.17) is 10.00 Å². The number of hydrogen-bond acceptors (Lipinski definition) is 3. The topological polar surface area (TPSA) is 45.0 Å². The predicted octanol–water partition coefficient (Wildman–Crippen LogP) is 3.96. The molecule has 4 heteroatoms. The Morgan fingerprint density at radius 3 is 2.58 bits per heavy atom. The van der Waals surface area contributed by atoms with Crippen LogP contribution in [0.25, 0.3) is 0 Å². The van der Waals surface area contributed by atoms with Gasteiger partial charge < -0.3 is 10.1 Å². The maximum Gasteiger partial charge on any atom is 0.174 e. The van der Waals surface area contributed by atoms with Gasteiger partial charge in [0.1, 0.15) is 11.8 Å². The highest BCUT2D eigenvalue weighted by molar-refractivity contribution is 9.10. The summed E-state index contributed by atoms with van der Waals surface area (Å²) in [6.45, 7) is 0.721. The van der Waals surface area contributed by atoms with E-state index in [1.54, 1.807) is 0 Å². The number of ether oxygens (including phenoxy) is 1. The molecule has 0 fully saturated rings. The third-order valence-electron chi connectivity index (χ3n) is 2.59. The van der Waals surface area contributed by atoms with Gasteiger partial charge in [0.15, 0.2) is 6.61 Å². The second kappa shape index (κ2) is 6.81. The van der Waals surface area contributed by atoms with Gasteiger partial charge in [-0.25, -0.2) is 0 Å². The average Bonchev–Trinajstić information content (AvgIpc) is 2.45. The zero-order valence-electron chi connectivity index (χ0n) is 10.3. The third kappa shape index (κ3) is 4.01. The van der Waals surface area contributed by atoms with Gasteiger partial charge in [0, 0.05) is 22.3 Å². The first-order valence-corrected chi connectivity index (χ1v) is 6.66. The van der Waals surface area contributed by atoms with Crippen LogP contribution in [0, 0.1) is 11.3 Å². The van der Waals surface area contributed by atoms with Gasteiger partial charge in [-0.2, -0.15) is 5.26 Å². The van der Waals surface area contributed by atoms with Crippen molar-refractivity contribution in [2.75, 3.05) is 11.9 Å². The molecule has 0 amide bonds. The van der Waals surface area contributed by atoms with Crippen molar-refractivity contribution < 1.29 is 4.74 Å². The van der Waals surface area contributed by atoms with Gasteiger partial charge >= 0.3 is 0 Å². The summed E-state index contributed by atoms with van der Waals surface area (Å²) < 4.78 is 6.44. The second-order valence-electron chi connectivity index (χ2n) is 3.91. The van der Waals surface area contributed by atoms with E-state index in [0.717, 1.165) is 21.5 Å². The quantitative estimate of drug-likeness (QED) is 0.908. The van der Waals surface area contributed by atoms with Crippen LogP contribution in [0.1, 0.15) is 5.56 Å². The van der Waals surface area contributed by atoms with Crippen molar-refractivity contribution in [3.8, 4) is 11.8 Å². The third-order valence-corrected chi connectivity index (χ3v) is 3.12. The highest BCUT2D eigenvalue weighted by Crippen LogP contribution is 2.20. The zero-order chi connectivity index (χ0) is 13.5. The highest BCUT2D eigenvalue weighted by atomic mass is 79.9. The Balaban J connectivity index is 2.03. The van der Waals surface area contributed by atoms with Crippen LogP contribution in [0.2, 0.25) is 0 Å². The van der Waals surface area contributed by atoms with E-state index in [9.17, 15) is 0 Å². The number of rotatable bonds is 5. The summed E-state index contributed by atoms with van der Waals surface area (Å²) in [5.74, 6) is 0.744. The maximum absolute atomic E-state index is 8.56. The Kier molecular flexibility index (Phi) is 4.82. The minimum absolute atomic E-state index is 0.0648. The van der Waals surface area contributed by atoms with E-state index in [2.05, 4.69) is 21.2 Å². The Hall–Kier alpha value is -1.99. The summed E-state index contributed by atoms with van der Waals surface area (Å²) in [6.07, 6.45) is 0. The second-order valence-corrected chi connectivity index (χ2v) is 4.83. The number of anilines is 1. The molecule has 0 atom stereocenters. The van der Waals surface area contributed by atoms with Crippen molar-refractivity contribution in [1.29, 1.82) is 5.26 Å². The van der Waals surface area contributed by atoms with Crippen molar-refractivity contribution in [3.05, 3.63) is 58.6 Å². The van der Waals surface area contributed by atoms with Crippen LogP contribution in [0.15, 0.2) is 53.0 Å². The summed E-state index contributed by atoms with van der Waals surface area (Å²) >= 11 is 3.40. The predicted molar refractivity (Wildman–Crippen MR) is 79.0 cm³/mol. The molecule has 2 rings (SSSR count). The van der Waals surface area contributed by atoms with Gasteiger partial charge in [-0.15, -0.1) is 0 Å². The highest BCUT2D eigenvalue weighted by Gasteiger charge is 2.02. The largest absolute Gasteiger partial charge is 0.478 e. The number of halogens is 1. The van der Waals surface area contributed by atoms with Gasteiger partial charge in [-0.05, 0) is 30.3 Å². The molecule has 0 heterocycles. The van der Waals surface area contributed by atoms with Crippen molar-refractivity contribution >= 4 is 21.6 Å². The Labute approximate surface area is 121 Å². The monoisotopic (exact) mass is 316 g/mol. The number of nitriles is 1. The van der Waals surface area contributed by atoms with Gasteiger partial charge in [0.25, 0.3) is 0 Å². The summed E-state index contributed by atoms with van der Waals surface area (Å²) in [5, 5.41) is 11.9. The lowest BCUT2D eigenvalue weighted by Gasteiger charge is -2.11. The summed E-state index contributed by atoms with van der Waals surface area (Å²) in [5.41, 5.74) is 2.07. The number of benzene rings is 2. The van der Waals surface area contributed by atoms with Crippen LogP contribution >= 0.6 is 15.9 Å². The molecule has 0 saturated carbocycles. The van der Waals surface area contributed by atoms with Crippen LogP contribution < -0.4 is 10.1 Å². The molecule has 0 aliphatic carbocycles. The molecular formula is C15H13BrN2O. The van der Waals surface area contributed by atoms with Crippen LogP contribution in [0.5, 0.6) is 5.75 Å². The molecule has 1 N–H and O–H groups in total. The van der Waals surface area contributed by atoms with Crippen molar-refractivity contribution in [2.45, 2.75) is 6.54 Å². The van der Waals surface area contributed by atoms with E-state index in [1.807, 2.05) is 54.6 Å². The molecule has 0 bridgehead atoms. The van der Waals surface area contributed by atoms with Crippen LogP contribution in [-0.4, -0.2) is 6.61 Å². The number of nitrogens with one attached hydrogen (secondary N) is 1. The van der Waals surface area contributed by atoms with Gasteiger partial charge in [-0.1, -0.05) is 34.1 Å². The van der Waals surface area contributed by atoms with Crippen molar-refractivity contribution in [1.82, 2.24) is 0 Å². The zero-order valence-corrected chi connectivity index (χ0v) is 11.9. The Morgan fingerprint density at radius 1 is 1.11 bits per heavy atom. The Morgan fingerprint density at radius 2 is 1.84 bits per heavy atom. The standard InChI is InChI=1S/C15H13BrN2O/c16-13-5-7-14(8-6-13)18-11-12-3-1-2-4-15(12)19-10-9-17/h1-8,18H,10-11H2. The van der Waals surface area contributed by atoms with Crippen molar-refractivity contribution in [3.63, 3.8) is 0 Å². The fourth-order valence-electron chi connectivity index (χ4n) is 1.67. The van der Waals surface area contributed by atoms with E-state index in [1.165, 1.54) is 0 Å². The number of para-hydroxylation sites is 1. The molecule has 0 aromatic heterocycles. The normalized spacial score (nSPS) is 9.68. The van der Waals surface area contributed by atoms with Gasteiger partial charge in [0.2, 0.25) is 0 Å². The molecule has 0 saturated heterocycles. The molecular weight excluding hydrogens is 304 g/mol. The van der Waals surface area contributed by atoms with E-state index in [0.29, 0.717) is 6.54 Å². The summed E-state index contributed by atoms with van der Waals surface area (Å²) in [6, 6.07) is 17.7. The maximum atomic E-state index is 8.56. The molecule has 0 spiro atoms. The number of hydrogen-bond donors (Lipinski definition) is 1. The molecule has 2 aromatic carbocycles. The lowest BCUT2D eigenvalue weighted by Crippen LogP contribution is -2.03. The van der Waals surface area contributed by atoms with E-state index in [-0.39, 0.29) is 6.61 Å². The molecule has 19 heavy (non-hydrogen) atoms. The molecule has 96 valence electrons. The molecule has 0 aliphatic rings. The SMILES string of the molecule is N#CCOc1ccccc1CNc1ccc(Br)cc1. The first-order chi connectivity index (χ1) is 9.29. The minimum Gasteiger partial charge on any atom is -0.478 e. The van der Waals surface area contributed by atoms with Crippen molar-refractivity contribution in [2.24, 2.45) is 0 Å². The summed E-state index contributed by atoms with van der Waals surface area (Å²) in [7, 11) is 0. The number of nitrogens with zero attached hydrogens (tertiary/aromatic N) is 1. The first-order valence-electron chi connectivity index (χ1n) is 5.86. The first kappa shape index (κ1) is 13.4. The van der Waals surface area contributed by atoms with Gasteiger partial charge in [-0.3, -0.25) is 0 Å². The Bertz CT molecular complexity index is 575. The lowest BCUT2D eigenvalue weighted by molar-refractivity contribution is 0.364. The average molecular weight is 317 g/mol. The molecule has 2 aromatic rings. The minimum atomic E-state index is 0.0648. The fraction of sp³-hybridized carbons (Fsp3) is 0.133. The molecule has 0 aliphatic heterocycles. The van der Waals surface area contributed by atoms with Gasteiger partial charge in [0.05, 0.1) is 0 Å². The molecule has 0 unspecified atom stereocenters. The van der Waals surface area contributed by atoms with Crippen LogP contribution in [0.4, 0.5) is 5.69 Å². The van der Waals surface area contributed by atoms with Crippen LogP contribution in [0.3, 0.4) is 0 Å². The molecule has 0 radical (unpaired) electrons. The smallest absolute Gasteiger partial charge is 0.174 e. The summed E-state index contributed by atoms with van der Waals surface area (Å²) in [4.78, 5) is 0. The van der Waals surface area contributed by atoms with E-state index < -0.39 is 0 Å². The lowest BCUT2D eigenvalue weighted by atomic mass is 10.2. The van der Waals surface area contributed by atoms with Crippen LogP contribution in [-0.2, 0) is 6.54 Å².